The van der Waals surface area contributed by atoms with E-state index in [-0.39, 0.29) is 17.0 Å². The lowest BCUT2D eigenvalue weighted by molar-refractivity contribution is -0.274. The van der Waals surface area contributed by atoms with Crippen LogP contribution in [0, 0.1) is 11.6 Å². The van der Waals surface area contributed by atoms with E-state index in [2.05, 4.69) is 10.1 Å². The standard InChI is InChI=1S/C21H13F5N2O4/c22-15-8-9-16(31-13-4-6-14(7-5-13)32-21(24,25)26)17(18(15)23)20(30)28-12-3-1-2-11(10-12)19(27)29/h1-10H,(H2,27,29)(H,28,30). The van der Waals surface area contributed by atoms with Crippen molar-refractivity contribution >= 4 is 17.5 Å². The van der Waals surface area contributed by atoms with Crippen LogP contribution in [0.2, 0.25) is 0 Å². The number of anilines is 1. The molecule has 11 heteroatoms. The molecule has 6 nitrogen and oxygen atoms in total. The lowest BCUT2D eigenvalue weighted by atomic mass is 10.1. The average Bonchev–Trinajstić information content (AvgIpc) is 2.71. The molecule has 0 saturated heterocycles. The minimum Gasteiger partial charge on any atom is -0.456 e. The summed E-state index contributed by atoms with van der Waals surface area (Å²) >= 11 is 0. The highest BCUT2D eigenvalue weighted by Gasteiger charge is 2.31. The van der Waals surface area contributed by atoms with E-state index in [1.54, 1.807) is 0 Å². The quantitative estimate of drug-likeness (QED) is 0.515. The Hall–Kier alpha value is -4.15. The van der Waals surface area contributed by atoms with E-state index in [4.69, 9.17) is 10.5 Å². The van der Waals surface area contributed by atoms with Gasteiger partial charge >= 0.3 is 6.36 Å². The van der Waals surface area contributed by atoms with Gasteiger partial charge in [-0.2, -0.15) is 0 Å². The molecule has 0 atom stereocenters. The van der Waals surface area contributed by atoms with Gasteiger partial charge in [0.15, 0.2) is 11.6 Å². The van der Waals surface area contributed by atoms with Crippen LogP contribution in [-0.4, -0.2) is 18.2 Å². The van der Waals surface area contributed by atoms with Crippen molar-refractivity contribution in [3.8, 4) is 17.2 Å². The first-order chi connectivity index (χ1) is 15.0. The molecule has 166 valence electrons. The predicted octanol–water partition coefficient (Wildman–Crippen LogP) is 5.01. The number of carbonyl (C=O) groups excluding carboxylic acids is 2. The van der Waals surface area contributed by atoms with Crippen LogP contribution in [-0.2, 0) is 0 Å². The minimum atomic E-state index is -4.89. The van der Waals surface area contributed by atoms with Gasteiger partial charge in [0.25, 0.3) is 5.91 Å². The zero-order valence-electron chi connectivity index (χ0n) is 15.9. The maximum absolute atomic E-state index is 14.4. The van der Waals surface area contributed by atoms with E-state index in [0.29, 0.717) is 0 Å². The molecule has 32 heavy (non-hydrogen) atoms. The fourth-order valence-corrected chi connectivity index (χ4v) is 2.61. The van der Waals surface area contributed by atoms with Crippen molar-refractivity contribution in [2.45, 2.75) is 6.36 Å². The van der Waals surface area contributed by atoms with Crippen LogP contribution in [0.1, 0.15) is 20.7 Å². The fourth-order valence-electron chi connectivity index (χ4n) is 2.61. The van der Waals surface area contributed by atoms with Crippen molar-refractivity contribution < 1.29 is 41.0 Å². The van der Waals surface area contributed by atoms with Gasteiger partial charge < -0.3 is 20.5 Å². The molecule has 0 aliphatic heterocycles. The Balaban J connectivity index is 1.87. The third-order valence-electron chi connectivity index (χ3n) is 3.97. The number of primary amides is 1. The second-order valence-electron chi connectivity index (χ2n) is 6.25. The van der Waals surface area contributed by atoms with Crippen LogP contribution >= 0.6 is 0 Å². The number of ether oxygens (including phenoxy) is 2. The number of benzene rings is 3. The number of hydrogen-bond acceptors (Lipinski definition) is 4. The summed E-state index contributed by atoms with van der Waals surface area (Å²) in [7, 11) is 0. The highest BCUT2D eigenvalue weighted by Crippen LogP contribution is 2.31. The van der Waals surface area contributed by atoms with Crippen molar-refractivity contribution in [1.82, 2.24) is 0 Å². The summed E-state index contributed by atoms with van der Waals surface area (Å²) in [4.78, 5) is 23.9. The number of halogens is 5. The summed E-state index contributed by atoms with van der Waals surface area (Å²) in [6, 6.07) is 11.2. The van der Waals surface area contributed by atoms with Crippen LogP contribution in [0.4, 0.5) is 27.6 Å². The molecule has 0 aliphatic rings. The Morgan fingerprint density at radius 2 is 1.56 bits per heavy atom. The molecule has 3 rings (SSSR count). The van der Waals surface area contributed by atoms with Crippen molar-refractivity contribution in [3.63, 3.8) is 0 Å². The normalized spacial score (nSPS) is 11.0. The number of nitrogens with one attached hydrogen (secondary N) is 1. The number of amides is 2. The van der Waals surface area contributed by atoms with E-state index in [9.17, 15) is 31.5 Å². The lowest BCUT2D eigenvalue weighted by Crippen LogP contribution is -2.17. The first-order valence-electron chi connectivity index (χ1n) is 8.76. The second kappa shape index (κ2) is 8.92. The molecule has 2 amide bonds. The Morgan fingerprint density at radius 1 is 0.906 bits per heavy atom. The highest BCUT2D eigenvalue weighted by atomic mass is 19.4. The molecule has 0 saturated carbocycles. The average molecular weight is 452 g/mol. The number of hydrogen-bond donors (Lipinski definition) is 2. The van der Waals surface area contributed by atoms with E-state index >= 15 is 0 Å². The third-order valence-corrected chi connectivity index (χ3v) is 3.97. The zero-order chi connectivity index (χ0) is 23.5. The number of alkyl halides is 3. The van der Waals surface area contributed by atoms with Gasteiger partial charge in [0, 0.05) is 11.3 Å². The smallest absolute Gasteiger partial charge is 0.456 e. The second-order valence-corrected chi connectivity index (χ2v) is 6.25. The minimum absolute atomic E-state index is 0.0696. The molecule has 0 fully saturated rings. The molecule has 0 aromatic heterocycles. The van der Waals surface area contributed by atoms with Crippen LogP contribution in [0.15, 0.2) is 60.7 Å². The van der Waals surface area contributed by atoms with Crippen molar-refractivity contribution in [2.75, 3.05) is 5.32 Å². The molecule has 0 bridgehead atoms. The molecular weight excluding hydrogens is 439 g/mol. The largest absolute Gasteiger partial charge is 0.573 e. The molecular formula is C21H13F5N2O4. The number of rotatable bonds is 6. The van der Waals surface area contributed by atoms with Gasteiger partial charge in [0.1, 0.15) is 22.8 Å². The number of carbonyl (C=O) groups is 2. The summed E-state index contributed by atoms with van der Waals surface area (Å²) in [6.07, 6.45) is -4.89. The van der Waals surface area contributed by atoms with E-state index in [1.807, 2.05) is 0 Å². The van der Waals surface area contributed by atoms with Gasteiger partial charge in [-0.25, -0.2) is 8.78 Å². The van der Waals surface area contributed by atoms with E-state index in [1.165, 1.54) is 24.3 Å². The summed E-state index contributed by atoms with van der Waals surface area (Å²) in [5.41, 5.74) is 4.52. The Kier molecular flexibility index (Phi) is 6.28. The van der Waals surface area contributed by atoms with Crippen LogP contribution in [0.3, 0.4) is 0 Å². The Bertz CT molecular complexity index is 1160. The third kappa shape index (κ3) is 5.50. The zero-order valence-corrected chi connectivity index (χ0v) is 15.9. The van der Waals surface area contributed by atoms with Gasteiger partial charge in [0.05, 0.1) is 0 Å². The van der Waals surface area contributed by atoms with Crippen molar-refractivity contribution in [1.29, 1.82) is 0 Å². The monoisotopic (exact) mass is 452 g/mol. The van der Waals surface area contributed by atoms with Gasteiger partial charge in [0.2, 0.25) is 5.91 Å². The summed E-state index contributed by atoms with van der Waals surface area (Å²) in [5, 5.41) is 2.30. The topological polar surface area (TPSA) is 90.7 Å². The molecule has 0 unspecified atom stereocenters. The predicted molar refractivity (Wildman–Crippen MR) is 102 cm³/mol. The van der Waals surface area contributed by atoms with E-state index < -0.39 is 46.9 Å². The van der Waals surface area contributed by atoms with E-state index in [0.717, 1.165) is 36.4 Å². The molecule has 0 radical (unpaired) electrons. The van der Waals surface area contributed by atoms with Crippen LogP contribution < -0.4 is 20.5 Å². The molecule has 3 aromatic rings. The van der Waals surface area contributed by atoms with Crippen LogP contribution in [0.25, 0.3) is 0 Å². The first-order valence-corrected chi connectivity index (χ1v) is 8.76. The lowest BCUT2D eigenvalue weighted by Gasteiger charge is -2.14. The maximum atomic E-state index is 14.4. The SMILES string of the molecule is NC(=O)c1cccc(NC(=O)c2c(Oc3ccc(OC(F)(F)F)cc3)ccc(F)c2F)c1. The van der Waals surface area contributed by atoms with Crippen molar-refractivity contribution in [2.24, 2.45) is 5.73 Å². The molecule has 3 aromatic carbocycles. The maximum Gasteiger partial charge on any atom is 0.573 e. The Morgan fingerprint density at radius 3 is 2.19 bits per heavy atom. The van der Waals surface area contributed by atoms with Gasteiger partial charge in [-0.1, -0.05) is 6.07 Å². The van der Waals surface area contributed by atoms with Crippen LogP contribution in [0.5, 0.6) is 17.2 Å². The summed E-state index contributed by atoms with van der Waals surface area (Å²) < 4.78 is 74.1. The summed E-state index contributed by atoms with van der Waals surface area (Å²) in [6.45, 7) is 0. The first kappa shape index (κ1) is 22.5. The Labute approximate surface area is 177 Å². The molecule has 0 heterocycles. The van der Waals surface area contributed by atoms with Gasteiger partial charge in [-0.05, 0) is 54.6 Å². The molecule has 3 N–H and O–H groups in total. The summed E-state index contributed by atoms with van der Waals surface area (Å²) in [5.74, 6) is -5.71. The highest BCUT2D eigenvalue weighted by molar-refractivity contribution is 6.07. The fraction of sp³-hybridized carbons (Fsp3) is 0.0476. The van der Waals surface area contributed by atoms with Gasteiger partial charge in [-0.15, -0.1) is 13.2 Å². The number of nitrogens with two attached hydrogens (primary N) is 1. The van der Waals surface area contributed by atoms with Crippen molar-refractivity contribution in [3.05, 3.63) is 83.4 Å². The molecule has 0 spiro atoms. The van der Waals surface area contributed by atoms with Gasteiger partial charge in [-0.3, -0.25) is 9.59 Å². The molecule has 0 aliphatic carbocycles.